The molecule has 1 unspecified atom stereocenters. The number of fused-ring (bicyclic) bond motifs is 1. The summed E-state index contributed by atoms with van der Waals surface area (Å²) in [5.41, 5.74) is 10.5. The van der Waals surface area contributed by atoms with E-state index < -0.39 is 11.8 Å². The fraction of sp³-hybridized carbons (Fsp3) is 0.0667. The molecule has 0 bridgehead atoms. The maximum absolute atomic E-state index is 13.1. The molecule has 37 heavy (non-hydrogen) atoms. The molecule has 0 saturated carbocycles. The quantitative estimate of drug-likeness (QED) is 0.331. The number of aliphatic imine (C=N–C) groups is 1. The molecular formula is C30H24N4O3. The third-order valence-corrected chi connectivity index (χ3v) is 6.19. The molecule has 0 fully saturated rings. The van der Waals surface area contributed by atoms with E-state index in [0.29, 0.717) is 34.8 Å². The van der Waals surface area contributed by atoms with E-state index in [9.17, 15) is 14.4 Å². The molecule has 0 saturated heterocycles. The molecule has 0 spiro atoms. The first kappa shape index (κ1) is 23.7. The number of rotatable bonds is 7. The standard InChI is InChI=1S/C30H24N4O3/c31-28(35)22-13-16-24-25(17-22)34-30(37)26(24)27(20-9-5-2-6-10-20)33-23-14-11-21(12-15-23)29(36)32-18-19-7-3-1-4-8-19/h1-17,26H,18H2,(H2,31,35)(H,32,36)(H,34,37). The molecule has 5 rings (SSSR count). The van der Waals surface area contributed by atoms with Crippen LogP contribution in [0.15, 0.2) is 108 Å². The highest BCUT2D eigenvalue weighted by molar-refractivity contribution is 6.24. The normalized spacial score (nSPS) is 14.5. The number of nitrogens with one attached hydrogen (secondary N) is 2. The molecule has 1 aliphatic rings. The summed E-state index contributed by atoms with van der Waals surface area (Å²) >= 11 is 0. The van der Waals surface area contributed by atoms with Crippen molar-refractivity contribution in [2.75, 3.05) is 5.32 Å². The smallest absolute Gasteiger partial charge is 0.251 e. The largest absolute Gasteiger partial charge is 0.366 e. The molecule has 1 heterocycles. The van der Waals surface area contributed by atoms with Gasteiger partial charge in [0.1, 0.15) is 5.92 Å². The van der Waals surface area contributed by atoms with Gasteiger partial charge in [0.15, 0.2) is 0 Å². The minimum atomic E-state index is -0.673. The monoisotopic (exact) mass is 488 g/mol. The van der Waals surface area contributed by atoms with Crippen molar-refractivity contribution in [1.82, 2.24) is 5.32 Å². The highest BCUT2D eigenvalue weighted by Crippen LogP contribution is 2.37. The van der Waals surface area contributed by atoms with Crippen molar-refractivity contribution in [3.63, 3.8) is 0 Å². The maximum atomic E-state index is 13.1. The average molecular weight is 489 g/mol. The summed E-state index contributed by atoms with van der Waals surface area (Å²) in [6.07, 6.45) is 0. The first-order valence-electron chi connectivity index (χ1n) is 11.8. The van der Waals surface area contributed by atoms with Gasteiger partial charge in [-0.25, -0.2) is 0 Å². The van der Waals surface area contributed by atoms with Crippen LogP contribution in [0.5, 0.6) is 0 Å². The lowest BCUT2D eigenvalue weighted by molar-refractivity contribution is -0.115. The lowest BCUT2D eigenvalue weighted by Gasteiger charge is -2.14. The van der Waals surface area contributed by atoms with Gasteiger partial charge in [-0.15, -0.1) is 0 Å². The fourth-order valence-electron chi connectivity index (χ4n) is 4.30. The molecule has 3 amide bonds. The van der Waals surface area contributed by atoms with Gasteiger partial charge in [-0.1, -0.05) is 66.7 Å². The Bertz CT molecular complexity index is 1500. The summed E-state index contributed by atoms with van der Waals surface area (Å²) in [4.78, 5) is 42.1. The van der Waals surface area contributed by atoms with Gasteiger partial charge in [0, 0.05) is 23.4 Å². The second kappa shape index (κ2) is 10.3. The average Bonchev–Trinajstić information content (AvgIpc) is 3.26. The van der Waals surface area contributed by atoms with Crippen LogP contribution in [0.4, 0.5) is 11.4 Å². The minimum Gasteiger partial charge on any atom is -0.366 e. The second-order valence-corrected chi connectivity index (χ2v) is 8.67. The van der Waals surface area contributed by atoms with E-state index >= 15 is 0 Å². The number of nitrogens with zero attached hydrogens (tertiary/aromatic N) is 1. The Morgan fingerprint density at radius 1 is 0.811 bits per heavy atom. The van der Waals surface area contributed by atoms with Gasteiger partial charge < -0.3 is 16.4 Å². The van der Waals surface area contributed by atoms with E-state index in [1.165, 1.54) is 0 Å². The molecule has 182 valence electrons. The maximum Gasteiger partial charge on any atom is 0.251 e. The van der Waals surface area contributed by atoms with Crippen LogP contribution in [0.1, 0.15) is 43.3 Å². The topological polar surface area (TPSA) is 114 Å². The molecule has 0 aliphatic carbocycles. The Morgan fingerprint density at radius 2 is 1.46 bits per heavy atom. The van der Waals surface area contributed by atoms with E-state index in [4.69, 9.17) is 10.7 Å². The zero-order chi connectivity index (χ0) is 25.8. The van der Waals surface area contributed by atoms with Crippen LogP contribution in [0, 0.1) is 0 Å². The Kier molecular flexibility index (Phi) is 6.59. The summed E-state index contributed by atoms with van der Waals surface area (Å²) in [5, 5.41) is 5.76. The van der Waals surface area contributed by atoms with Gasteiger partial charge >= 0.3 is 0 Å². The second-order valence-electron chi connectivity index (χ2n) is 8.67. The van der Waals surface area contributed by atoms with Crippen molar-refractivity contribution in [3.05, 3.63) is 131 Å². The summed E-state index contributed by atoms with van der Waals surface area (Å²) in [5.74, 6) is -1.66. The highest BCUT2D eigenvalue weighted by atomic mass is 16.2. The predicted molar refractivity (Wildman–Crippen MR) is 143 cm³/mol. The molecular weight excluding hydrogens is 464 g/mol. The Morgan fingerprint density at radius 3 is 2.14 bits per heavy atom. The number of carbonyl (C=O) groups excluding carboxylic acids is 3. The minimum absolute atomic E-state index is 0.183. The van der Waals surface area contributed by atoms with Gasteiger partial charge in [0.25, 0.3) is 5.91 Å². The van der Waals surface area contributed by atoms with Crippen molar-refractivity contribution < 1.29 is 14.4 Å². The van der Waals surface area contributed by atoms with Gasteiger partial charge in [0.2, 0.25) is 11.8 Å². The van der Waals surface area contributed by atoms with Gasteiger partial charge in [-0.2, -0.15) is 0 Å². The van der Waals surface area contributed by atoms with E-state index in [-0.39, 0.29) is 11.8 Å². The van der Waals surface area contributed by atoms with Crippen LogP contribution >= 0.6 is 0 Å². The number of benzene rings is 4. The Hall–Kier alpha value is -5.04. The van der Waals surface area contributed by atoms with Gasteiger partial charge in [0.05, 0.1) is 11.4 Å². The third-order valence-electron chi connectivity index (χ3n) is 6.19. The van der Waals surface area contributed by atoms with E-state index in [2.05, 4.69) is 10.6 Å². The number of anilines is 1. The Balaban J connectivity index is 1.44. The molecule has 7 nitrogen and oxygen atoms in total. The lowest BCUT2D eigenvalue weighted by Crippen LogP contribution is -2.22. The van der Waals surface area contributed by atoms with E-state index in [0.717, 1.165) is 16.7 Å². The van der Waals surface area contributed by atoms with Crippen molar-refractivity contribution in [2.45, 2.75) is 12.5 Å². The van der Waals surface area contributed by atoms with E-state index in [1.54, 1.807) is 42.5 Å². The number of amides is 3. The number of nitrogens with two attached hydrogens (primary N) is 1. The number of carbonyl (C=O) groups is 3. The molecule has 0 aromatic heterocycles. The van der Waals surface area contributed by atoms with Crippen molar-refractivity contribution in [2.24, 2.45) is 10.7 Å². The molecule has 7 heteroatoms. The summed E-state index contributed by atoms with van der Waals surface area (Å²) in [7, 11) is 0. The van der Waals surface area contributed by atoms with E-state index in [1.807, 2.05) is 60.7 Å². The molecule has 4 aromatic carbocycles. The van der Waals surface area contributed by atoms with Crippen LogP contribution < -0.4 is 16.4 Å². The number of primary amides is 1. The Labute approximate surface area is 214 Å². The number of hydrogen-bond acceptors (Lipinski definition) is 4. The van der Waals surface area contributed by atoms with Crippen LogP contribution in [0.3, 0.4) is 0 Å². The fourth-order valence-corrected chi connectivity index (χ4v) is 4.30. The SMILES string of the molecule is NC(=O)c1ccc2c(c1)NC(=O)C2C(=Nc1ccc(C(=O)NCc2ccccc2)cc1)c1ccccc1. The van der Waals surface area contributed by atoms with Crippen LogP contribution in [0.25, 0.3) is 0 Å². The summed E-state index contributed by atoms with van der Waals surface area (Å²) < 4.78 is 0. The van der Waals surface area contributed by atoms with Crippen LogP contribution in [0.2, 0.25) is 0 Å². The van der Waals surface area contributed by atoms with Crippen LogP contribution in [-0.4, -0.2) is 23.4 Å². The van der Waals surface area contributed by atoms with Crippen LogP contribution in [-0.2, 0) is 11.3 Å². The molecule has 0 radical (unpaired) electrons. The number of hydrogen-bond donors (Lipinski definition) is 3. The third kappa shape index (κ3) is 5.16. The lowest BCUT2D eigenvalue weighted by atomic mass is 9.90. The van der Waals surface area contributed by atoms with Crippen molar-refractivity contribution >= 4 is 34.8 Å². The predicted octanol–water partition coefficient (Wildman–Crippen LogP) is 4.57. The molecule has 4 aromatic rings. The van der Waals surface area contributed by atoms with Crippen molar-refractivity contribution in [1.29, 1.82) is 0 Å². The van der Waals surface area contributed by atoms with Gasteiger partial charge in [-0.3, -0.25) is 19.4 Å². The zero-order valence-electron chi connectivity index (χ0n) is 19.8. The molecule has 1 aliphatic heterocycles. The summed E-state index contributed by atoms with van der Waals surface area (Å²) in [6, 6.07) is 31.0. The first-order chi connectivity index (χ1) is 18.0. The highest BCUT2D eigenvalue weighted by Gasteiger charge is 2.35. The summed E-state index contributed by atoms with van der Waals surface area (Å²) in [6.45, 7) is 0.436. The zero-order valence-corrected chi connectivity index (χ0v) is 19.8. The molecule has 1 atom stereocenters. The first-order valence-corrected chi connectivity index (χ1v) is 11.8. The molecule has 4 N–H and O–H groups in total. The van der Waals surface area contributed by atoms with Crippen molar-refractivity contribution in [3.8, 4) is 0 Å². The van der Waals surface area contributed by atoms with Gasteiger partial charge in [-0.05, 0) is 53.1 Å².